The van der Waals surface area contributed by atoms with Crippen LogP contribution >= 0.6 is 23.2 Å². The fraction of sp³-hybridized carbons (Fsp3) is 0.235. The lowest BCUT2D eigenvalue weighted by Crippen LogP contribution is -2.39. The summed E-state index contributed by atoms with van der Waals surface area (Å²) in [6, 6.07) is 12.4. The normalized spacial score (nSPS) is 13.8. The molecule has 1 aliphatic heterocycles. The summed E-state index contributed by atoms with van der Waals surface area (Å²) in [6.07, 6.45) is 0.768. The molecule has 0 saturated carbocycles. The number of nitrogens with zero attached hydrogens (tertiary/aromatic N) is 1. The maximum atomic E-state index is 12.4. The number of sulfonamides is 1. The number of hydrogen-bond donors (Lipinski definition) is 1. The van der Waals surface area contributed by atoms with Gasteiger partial charge in [0.25, 0.3) is 0 Å². The number of benzene rings is 2. The van der Waals surface area contributed by atoms with Crippen molar-refractivity contribution in [2.24, 2.45) is 0 Å². The van der Waals surface area contributed by atoms with Gasteiger partial charge in [-0.1, -0.05) is 47.5 Å². The second-order valence-electron chi connectivity index (χ2n) is 5.70. The lowest BCUT2D eigenvalue weighted by molar-refractivity contribution is -0.117. The third kappa shape index (κ3) is 4.15. The second-order valence-corrected chi connectivity index (χ2v) is 8.33. The molecule has 1 heterocycles. The van der Waals surface area contributed by atoms with Gasteiger partial charge in [-0.15, -0.1) is 0 Å². The summed E-state index contributed by atoms with van der Waals surface area (Å²) < 4.78 is 26.9. The van der Waals surface area contributed by atoms with Gasteiger partial charge in [-0.2, -0.15) is 0 Å². The van der Waals surface area contributed by atoms with Crippen LogP contribution in [0.2, 0.25) is 10.0 Å². The molecule has 8 heteroatoms. The van der Waals surface area contributed by atoms with E-state index in [1.807, 2.05) is 24.3 Å². The van der Waals surface area contributed by atoms with E-state index in [4.69, 9.17) is 23.2 Å². The highest BCUT2D eigenvalue weighted by Crippen LogP contribution is 2.28. The van der Waals surface area contributed by atoms with E-state index < -0.39 is 10.0 Å². The zero-order valence-electron chi connectivity index (χ0n) is 13.2. The van der Waals surface area contributed by atoms with Crippen molar-refractivity contribution in [2.45, 2.75) is 12.2 Å². The molecule has 0 radical (unpaired) electrons. The average Bonchev–Trinajstić information content (AvgIpc) is 3.00. The molecular weight excluding hydrogens is 383 g/mol. The summed E-state index contributed by atoms with van der Waals surface area (Å²) in [5, 5.41) is 0.551. The van der Waals surface area contributed by atoms with Crippen LogP contribution in [0, 0.1) is 0 Å². The molecule has 1 N–H and O–H groups in total. The highest BCUT2D eigenvalue weighted by Gasteiger charge is 2.25. The molecule has 5 nitrogen and oxygen atoms in total. The molecule has 0 aromatic heterocycles. The molecule has 25 heavy (non-hydrogen) atoms. The molecule has 0 bridgehead atoms. The lowest BCUT2D eigenvalue weighted by atomic mass is 10.2. The van der Waals surface area contributed by atoms with E-state index in [1.54, 1.807) is 23.1 Å². The molecule has 0 aliphatic carbocycles. The van der Waals surface area contributed by atoms with E-state index in [0.29, 0.717) is 12.1 Å². The minimum Gasteiger partial charge on any atom is -0.311 e. The van der Waals surface area contributed by atoms with Gasteiger partial charge >= 0.3 is 0 Å². The van der Waals surface area contributed by atoms with Crippen LogP contribution in [0.25, 0.3) is 0 Å². The fourth-order valence-electron chi connectivity index (χ4n) is 2.78. The van der Waals surface area contributed by atoms with Crippen LogP contribution in [0.4, 0.5) is 5.69 Å². The number of carbonyl (C=O) groups excluding carboxylic acids is 1. The number of para-hydroxylation sites is 1. The quantitative estimate of drug-likeness (QED) is 0.841. The molecule has 132 valence electrons. The summed E-state index contributed by atoms with van der Waals surface area (Å²) in [6.45, 7) is 0.245. The fourth-order valence-corrected chi connectivity index (χ4v) is 4.60. The van der Waals surface area contributed by atoms with E-state index >= 15 is 0 Å². The van der Waals surface area contributed by atoms with E-state index in [2.05, 4.69) is 4.72 Å². The van der Waals surface area contributed by atoms with Crippen molar-refractivity contribution < 1.29 is 13.2 Å². The third-order valence-corrected chi connectivity index (χ3v) is 5.99. The Morgan fingerprint density at radius 3 is 2.48 bits per heavy atom. The Bertz CT molecular complexity index is 896. The van der Waals surface area contributed by atoms with Gasteiger partial charge in [-0.05, 0) is 30.2 Å². The van der Waals surface area contributed by atoms with E-state index in [-0.39, 0.29) is 28.3 Å². The molecule has 0 fully saturated rings. The predicted molar refractivity (Wildman–Crippen MR) is 99.6 cm³/mol. The van der Waals surface area contributed by atoms with Crippen LogP contribution in [-0.2, 0) is 27.0 Å². The summed E-state index contributed by atoms with van der Waals surface area (Å²) in [5.41, 5.74) is 2.24. The number of amides is 1. The number of anilines is 1. The Labute approximate surface area is 156 Å². The molecular formula is C17H16Cl2N2O3S. The van der Waals surface area contributed by atoms with Crippen LogP contribution in [0.3, 0.4) is 0 Å². The number of rotatable bonds is 5. The van der Waals surface area contributed by atoms with Crippen molar-refractivity contribution in [1.82, 2.24) is 4.72 Å². The first-order valence-electron chi connectivity index (χ1n) is 7.66. The molecule has 2 aromatic carbocycles. The molecule has 2 aromatic rings. The van der Waals surface area contributed by atoms with Gasteiger partial charge in [0.1, 0.15) is 0 Å². The molecule has 1 amide bonds. The van der Waals surface area contributed by atoms with Crippen LogP contribution in [-0.4, -0.2) is 27.4 Å². The van der Waals surface area contributed by atoms with Crippen LogP contribution in [0.1, 0.15) is 11.1 Å². The standard InChI is InChI=1S/C17H16Cl2N2O3S/c18-14-5-3-6-15(19)13(14)11-25(23,24)20-10-17(22)21-9-8-12-4-1-2-7-16(12)21/h1-7,20H,8-11H2. The zero-order valence-corrected chi connectivity index (χ0v) is 15.5. The van der Waals surface area contributed by atoms with Crippen molar-refractivity contribution in [3.05, 3.63) is 63.6 Å². The van der Waals surface area contributed by atoms with Gasteiger partial charge < -0.3 is 4.90 Å². The number of carbonyl (C=O) groups is 1. The number of hydrogen-bond acceptors (Lipinski definition) is 3. The molecule has 3 rings (SSSR count). The monoisotopic (exact) mass is 398 g/mol. The SMILES string of the molecule is O=C(CNS(=O)(=O)Cc1c(Cl)cccc1Cl)N1CCc2ccccc21. The highest BCUT2D eigenvalue weighted by atomic mass is 35.5. The Hall–Kier alpha value is -1.60. The first-order chi connectivity index (χ1) is 11.9. The van der Waals surface area contributed by atoms with Crippen molar-refractivity contribution in [1.29, 1.82) is 0 Å². The Kier molecular flexibility index (Phi) is 5.34. The Morgan fingerprint density at radius 2 is 1.76 bits per heavy atom. The van der Waals surface area contributed by atoms with Crippen LogP contribution in [0.15, 0.2) is 42.5 Å². The van der Waals surface area contributed by atoms with E-state index in [0.717, 1.165) is 17.7 Å². The molecule has 0 unspecified atom stereocenters. The minimum absolute atomic E-state index is 0.276. The van der Waals surface area contributed by atoms with Crippen molar-refractivity contribution in [3.8, 4) is 0 Å². The second kappa shape index (κ2) is 7.33. The van der Waals surface area contributed by atoms with Gasteiger partial charge in [0.2, 0.25) is 15.9 Å². The van der Waals surface area contributed by atoms with Gasteiger partial charge in [0.05, 0.1) is 12.3 Å². The smallest absolute Gasteiger partial charge is 0.242 e. The lowest BCUT2D eigenvalue weighted by Gasteiger charge is -2.17. The minimum atomic E-state index is -3.75. The van der Waals surface area contributed by atoms with Crippen LogP contribution < -0.4 is 9.62 Å². The van der Waals surface area contributed by atoms with Crippen molar-refractivity contribution in [2.75, 3.05) is 18.0 Å². The summed E-state index contributed by atoms with van der Waals surface area (Å²) in [7, 11) is -3.75. The molecule has 1 aliphatic rings. The van der Waals surface area contributed by atoms with Gasteiger partial charge in [-0.3, -0.25) is 4.79 Å². The van der Waals surface area contributed by atoms with Gasteiger partial charge in [-0.25, -0.2) is 13.1 Å². The predicted octanol–water partition coefficient (Wildman–Crippen LogP) is 3.00. The number of nitrogens with one attached hydrogen (secondary N) is 1. The van der Waals surface area contributed by atoms with E-state index in [9.17, 15) is 13.2 Å². The highest BCUT2D eigenvalue weighted by molar-refractivity contribution is 7.88. The topological polar surface area (TPSA) is 66.5 Å². The van der Waals surface area contributed by atoms with E-state index in [1.165, 1.54) is 0 Å². The summed E-state index contributed by atoms with van der Waals surface area (Å²) in [5.74, 6) is -0.672. The first kappa shape index (κ1) is 18.2. The number of halogens is 2. The van der Waals surface area contributed by atoms with Gasteiger partial charge in [0, 0.05) is 27.8 Å². The Balaban J connectivity index is 1.66. The molecule has 0 atom stereocenters. The average molecular weight is 399 g/mol. The summed E-state index contributed by atoms with van der Waals surface area (Å²) >= 11 is 12.0. The van der Waals surface area contributed by atoms with Gasteiger partial charge in [0.15, 0.2) is 0 Å². The molecule has 0 saturated heterocycles. The molecule has 0 spiro atoms. The third-order valence-electron chi connectivity index (χ3n) is 4.03. The summed E-state index contributed by atoms with van der Waals surface area (Å²) in [4.78, 5) is 14.0. The maximum Gasteiger partial charge on any atom is 0.242 e. The van der Waals surface area contributed by atoms with Crippen LogP contribution in [0.5, 0.6) is 0 Å². The van der Waals surface area contributed by atoms with Crippen molar-refractivity contribution in [3.63, 3.8) is 0 Å². The maximum absolute atomic E-state index is 12.4. The largest absolute Gasteiger partial charge is 0.311 e. The van der Waals surface area contributed by atoms with Crippen molar-refractivity contribution >= 4 is 44.8 Å². The first-order valence-corrected chi connectivity index (χ1v) is 10.1. The Morgan fingerprint density at radius 1 is 1.08 bits per heavy atom. The zero-order chi connectivity index (χ0) is 18.0. The number of fused-ring (bicyclic) bond motifs is 1.